The van der Waals surface area contributed by atoms with Gasteiger partial charge in [-0.25, -0.2) is 0 Å². The number of carbonyl (C=O) groups is 2. The summed E-state index contributed by atoms with van der Waals surface area (Å²) >= 11 is 0. The monoisotopic (exact) mass is 328 g/mol. The molecule has 0 rings (SSSR count). The predicted octanol–water partition coefficient (Wildman–Crippen LogP) is 5.04. The van der Waals surface area contributed by atoms with Gasteiger partial charge in [0.15, 0.2) is 0 Å². The molecule has 0 fully saturated rings. The summed E-state index contributed by atoms with van der Waals surface area (Å²) in [5.41, 5.74) is 0. The molecule has 0 aromatic heterocycles. The largest absolute Gasteiger partial charge is 0.466 e. The number of carbonyl (C=O) groups excluding carboxylic acids is 2. The normalized spacial score (nSPS) is 12.2. The first-order valence-electron chi connectivity index (χ1n) is 9.30. The lowest BCUT2D eigenvalue weighted by atomic mass is 10.1. The highest BCUT2D eigenvalue weighted by molar-refractivity contribution is 5.70. The van der Waals surface area contributed by atoms with Gasteiger partial charge in [-0.1, -0.05) is 33.6 Å². The number of ether oxygens (including phenoxy) is 2. The Morgan fingerprint density at radius 2 is 1.48 bits per heavy atom. The third-order valence-electron chi connectivity index (χ3n) is 3.75. The molecule has 0 spiro atoms. The molecule has 0 bridgehead atoms. The fraction of sp³-hybridized carbons (Fsp3) is 0.895. The molecule has 136 valence electrons. The smallest absolute Gasteiger partial charge is 0.306 e. The zero-order chi connectivity index (χ0) is 17.5. The summed E-state index contributed by atoms with van der Waals surface area (Å²) in [6, 6.07) is 0. The minimum Gasteiger partial charge on any atom is -0.466 e. The van der Waals surface area contributed by atoms with Gasteiger partial charge in [0.25, 0.3) is 0 Å². The quantitative estimate of drug-likeness (QED) is 0.331. The minimum atomic E-state index is -0.157. The number of hydrogen-bond acceptors (Lipinski definition) is 4. The summed E-state index contributed by atoms with van der Waals surface area (Å²) in [5, 5.41) is 0. The van der Waals surface area contributed by atoms with E-state index in [1.54, 1.807) is 0 Å². The molecule has 1 atom stereocenters. The Morgan fingerprint density at radius 3 is 2.09 bits per heavy atom. The maximum atomic E-state index is 11.7. The van der Waals surface area contributed by atoms with E-state index in [4.69, 9.17) is 9.47 Å². The van der Waals surface area contributed by atoms with Gasteiger partial charge in [0, 0.05) is 12.8 Å². The summed E-state index contributed by atoms with van der Waals surface area (Å²) in [5.74, 6) is 0.332. The van der Waals surface area contributed by atoms with Gasteiger partial charge in [-0.3, -0.25) is 9.59 Å². The Hall–Kier alpha value is -1.06. The third-order valence-corrected chi connectivity index (χ3v) is 3.75. The second kappa shape index (κ2) is 14.5. The topological polar surface area (TPSA) is 52.6 Å². The van der Waals surface area contributed by atoms with Crippen molar-refractivity contribution in [1.82, 2.24) is 0 Å². The Morgan fingerprint density at radius 1 is 0.826 bits per heavy atom. The first-order chi connectivity index (χ1) is 11.0. The van der Waals surface area contributed by atoms with Crippen molar-refractivity contribution >= 4 is 11.9 Å². The van der Waals surface area contributed by atoms with Crippen LogP contribution in [0, 0.1) is 5.92 Å². The molecule has 0 N–H and O–H groups in total. The van der Waals surface area contributed by atoms with Crippen LogP contribution in [-0.4, -0.2) is 24.6 Å². The second-order valence-corrected chi connectivity index (χ2v) is 6.76. The molecule has 4 heteroatoms. The Balaban J connectivity index is 3.51. The molecular formula is C19H36O4. The Bertz CT molecular complexity index is 312. The fourth-order valence-corrected chi connectivity index (χ4v) is 2.31. The summed E-state index contributed by atoms with van der Waals surface area (Å²) in [6.07, 6.45) is 8.54. The van der Waals surface area contributed by atoms with Gasteiger partial charge in [0.2, 0.25) is 0 Å². The van der Waals surface area contributed by atoms with Gasteiger partial charge in [-0.2, -0.15) is 0 Å². The molecule has 0 saturated heterocycles. The summed E-state index contributed by atoms with van der Waals surface area (Å²) in [6.45, 7) is 8.93. The molecule has 0 amide bonds. The average molecular weight is 328 g/mol. The van der Waals surface area contributed by atoms with Crippen LogP contribution in [0.3, 0.4) is 0 Å². The highest BCUT2D eigenvalue weighted by Crippen LogP contribution is 2.09. The zero-order valence-electron chi connectivity index (χ0n) is 15.6. The van der Waals surface area contributed by atoms with Crippen LogP contribution in [0.2, 0.25) is 0 Å². The molecule has 4 nitrogen and oxygen atoms in total. The molecule has 0 aliphatic rings. The highest BCUT2D eigenvalue weighted by Gasteiger charge is 2.10. The highest BCUT2D eigenvalue weighted by atomic mass is 16.5. The van der Waals surface area contributed by atoms with Crippen LogP contribution in [0.15, 0.2) is 0 Å². The van der Waals surface area contributed by atoms with Crippen LogP contribution in [0.1, 0.15) is 91.9 Å². The van der Waals surface area contributed by atoms with E-state index >= 15 is 0 Å². The number of hydrogen-bond donors (Lipinski definition) is 0. The second-order valence-electron chi connectivity index (χ2n) is 6.76. The van der Waals surface area contributed by atoms with Crippen molar-refractivity contribution in [2.24, 2.45) is 5.92 Å². The van der Waals surface area contributed by atoms with Crippen molar-refractivity contribution in [2.75, 3.05) is 6.61 Å². The third kappa shape index (κ3) is 15.6. The molecular weight excluding hydrogens is 292 g/mol. The molecule has 23 heavy (non-hydrogen) atoms. The van der Waals surface area contributed by atoms with E-state index in [2.05, 4.69) is 20.8 Å². The van der Waals surface area contributed by atoms with Crippen LogP contribution < -0.4 is 0 Å². The predicted molar refractivity (Wildman–Crippen MR) is 93.2 cm³/mol. The van der Waals surface area contributed by atoms with E-state index in [9.17, 15) is 9.59 Å². The summed E-state index contributed by atoms with van der Waals surface area (Å²) in [4.78, 5) is 23.2. The first kappa shape index (κ1) is 21.9. The fourth-order valence-electron chi connectivity index (χ4n) is 2.31. The van der Waals surface area contributed by atoms with Crippen LogP contribution in [0.4, 0.5) is 0 Å². The van der Waals surface area contributed by atoms with Gasteiger partial charge >= 0.3 is 11.9 Å². The molecule has 0 radical (unpaired) electrons. The van der Waals surface area contributed by atoms with E-state index in [0.29, 0.717) is 38.2 Å². The maximum absolute atomic E-state index is 11.7. The first-order valence-corrected chi connectivity index (χ1v) is 9.30. The minimum absolute atomic E-state index is 0.0000254. The van der Waals surface area contributed by atoms with Crippen molar-refractivity contribution in [2.45, 2.75) is 98.0 Å². The van der Waals surface area contributed by atoms with E-state index in [-0.39, 0.29) is 18.0 Å². The molecule has 0 aliphatic heterocycles. The van der Waals surface area contributed by atoms with Crippen LogP contribution in [0.5, 0.6) is 0 Å². The van der Waals surface area contributed by atoms with Crippen molar-refractivity contribution in [3.05, 3.63) is 0 Å². The van der Waals surface area contributed by atoms with E-state index in [1.165, 1.54) is 12.8 Å². The van der Waals surface area contributed by atoms with Crippen molar-refractivity contribution in [3.63, 3.8) is 0 Å². The van der Waals surface area contributed by atoms with E-state index < -0.39 is 0 Å². The van der Waals surface area contributed by atoms with Crippen LogP contribution in [0.25, 0.3) is 0 Å². The molecule has 0 aromatic carbocycles. The lowest BCUT2D eigenvalue weighted by Crippen LogP contribution is -2.14. The maximum Gasteiger partial charge on any atom is 0.306 e. The Labute approximate surface area is 142 Å². The lowest BCUT2D eigenvalue weighted by Gasteiger charge is -2.12. The molecule has 0 heterocycles. The van der Waals surface area contributed by atoms with Crippen molar-refractivity contribution < 1.29 is 19.1 Å². The van der Waals surface area contributed by atoms with E-state index in [0.717, 1.165) is 25.7 Å². The lowest BCUT2D eigenvalue weighted by molar-refractivity contribution is -0.149. The standard InChI is InChI=1S/C19H36O4/c1-5-6-7-12-17(4)23-19(21)14-9-8-13-18(20)22-15-10-11-16(2)3/h16-17H,5-15H2,1-4H3. The van der Waals surface area contributed by atoms with Gasteiger partial charge in [0.05, 0.1) is 12.7 Å². The summed E-state index contributed by atoms with van der Waals surface area (Å²) in [7, 11) is 0. The zero-order valence-corrected chi connectivity index (χ0v) is 15.6. The van der Waals surface area contributed by atoms with Gasteiger partial charge in [-0.15, -0.1) is 0 Å². The molecule has 0 aromatic rings. The number of esters is 2. The van der Waals surface area contributed by atoms with Crippen LogP contribution >= 0.6 is 0 Å². The number of rotatable bonds is 14. The average Bonchev–Trinajstić information content (AvgIpc) is 2.48. The van der Waals surface area contributed by atoms with Gasteiger partial charge in [-0.05, 0) is 51.4 Å². The number of unbranched alkanes of at least 4 members (excludes halogenated alkanes) is 3. The van der Waals surface area contributed by atoms with E-state index in [1.807, 2.05) is 6.92 Å². The van der Waals surface area contributed by atoms with Crippen molar-refractivity contribution in [3.8, 4) is 0 Å². The van der Waals surface area contributed by atoms with Gasteiger partial charge < -0.3 is 9.47 Å². The summed E-state index contributed by atoms with van der Waals surface area (Å²) < 4.78 is 10.5. The van der Waals surface area contributed by atoms with Gasteiger partial charge in [0.1, 0.15) is 0 Å². The molecule has 0 saturated carbocycles. The molecule has 0 aliphatic carbocycles. The molecule has 1 unspecified atom stereocenters. The SMILES string of the molecule is CCCCCC(C)OC(=O)CCCCC(=O)OCCCC(C)C. The van der Waals surface area contributed by atoms with Crippen LogP contribution in [-0.2, 0) is 19.1 Å². The van der Waals surface area contributed by atoms with Crippen molar-refractivity contribution in [1.29, 1.82) is 0 Å². The Kier molecular flexibility index (Phi) is 13.9.